The van der Waals surface area contributed by atoms with Crippen molar-refractivity contribution in [2.75, 3.05) is 25.5 Å². The molecule has 0 saturated heterocycles. The maximum absolute atomic E-state index is 13.4. The molecule has 0 aliphatic rings. The normalized spacial score (nSPS) is 11.3. The van der Waals surface area contributed by atoms with E-state index in [0.717, 1.165) is 12.1 Å². The number of rotatable bonds is 8. The van der Waals surface area contributed by atoms with Crippen LogP contribution in [0.4, 0.5) is 10.2 Å². The van der Waals surface area contributed by atoms with Gasteiger partial charge < -0.3 is 14.6 Å². The number of ether oxygens (including phenoxy) is 1. The van der Waals surface area contributed by atoms with E-state index < -0.39 is 15.8 Å². The van der Waals surface area contributed by atoms with Gasteiger partial charge in [0.15, 0.2) is 0 Å². The van der Waals surface area contributed by atoms with Gasteiger partial charge in [0.2, 0.25) is 10.0 Å². The molecular formula is C17H18FN5O3S. The maximum Gasteiger partial charge on any atom is 0.244 e. The molecule has 2 N–H and O–H groups in total. The first kappa shape index (κ1) is 18.8. The van der Waals surface area contributed by atoms with Gasteiger partial charge in [-0.1, -0.05) is 0 Å². The Bertz CT molecular complexity index is 1010. The molecule has 2 heterocycles. The standard InChI is InChI=1S/C17H18FN5O3S/c1-26-14-5-4-13(18)10-15(14)27(24,25)22-7-6-19-16-11-17(21-12-20-16)23-8-2-3-9-23/h2-5,8-12,22H,6-7H2,1H3,(H,19,20,21). The molecule has 0 atom stereocenters. The SMILES string of the molecule is COc1ccc(F)cc1S(=O)(=O)NCCNc1cc(-n2cccc2)ncn1. The van der Waals surface area contributed by atoms with Gasteiger partial charge in [-0.3, -0.25) is 0 Å². The number of sulfonamides is 1. The second-order valence-corrected chi connectivity index (χ2v) is 7.21. The third kappa shape index (κ3) is 4.60. The van der Waals surface area contributed by atoms with Crippen molar-refractivity contribution in [3.63, 3.8) is 0 Å². The lowest BCUT2D eigenvalue weighted by molar-refractivity contribution is 0.400. The topological polar surface area (TPSA) is 98.1 Å². The number of nitrogens with one attached hydrogen (secondary N) is 2. The second kappa shape index (κ2) is 8.14. The first-order valence-corrected chi connectivity index (χ1v) is 9.50. The molecule has 3 rings (SSSR count). The molecule has 27 heavy (non-hydrogen) atoms. The van der Waals surface area contributed by atoms with Crippen LogP contribution in [0.15, 0.2) is 60.0 Å². The summed E-state index contributed by atoms with van der Waals surface area (Å²) in [5.41, 5.74) is 0. The van der Waals surface area contributed by atoms with Crippen molar-refractivity contribution >= 4 is 15.8 Å². The molecule has 0 aliphatic heterocycles. The molecule has 3 aromatic rings. The van der Waals surface area contributed by atoms with Gasteiger partial charge >= 0.3 is 0 Å². The van der Waals surface area contributed by atoms with Crippen LogP contribution in [0, 0.1) is 5.82 Å². The number of aromatic nitrogens is 3. The third-order valence-electron chi connectivity index (χ3n) is 3.66. The summed E-state index contributed by atoms with van der Waals surface area (Å²) >= 11 is 0. The Balaban J connectivity index is 1.60. The number of nitrogens with zero attached hydrogens (tertiary/aromatic N) is 3. The molecule has 0 amide bonds. The van der Waals surface area contributed by atoms with Gasteiger partial charge in [-0.15, -0.1) is 0 Å². The van der Waals surface area contributed by atoms with Crippen molar-refractivity contribution in [2.45, 2.75) is 4.90 Å². The van der Waals surface area contributed by atoms with E-state index in [1.807, 2.05) is 29.1 Å². The quantitative estimate of drug-likeness (QED) is 0.569. The lowest BCUT2D eigenvalue weighted by Gasteiger charge is -2.11. The number of hydrogen-bond donors (Lipinski definition) is 2. The van der Waals surface area contributed by atoms with Gasteiger partial charge in [-0.2, -0.15) is 0 Å². The molecule has 2 aromatic heterocycles. The van der Waals surface area contributed by atoms with Crippen LogP contribution < -0.4 is 14.8 Å². The Hall–Kier alpha value is -2.98. The van der Waals surface area contributed by atoms with Gasteiger partial charge in [-0.25, -0.2) is 27.5 Å². The highest BCUT2D eigenvalue weighted by atomic mass is 32.2. The Morgan fingerprint density at radius 2 is 1.93 bits per heavy atom. The first-order valence-electron chi connectivity index (χ1n) is 8.02. The molecule has 10 heteroatoms. The zero-order valence-electron chi connectivity index (χ0n) is 14.5. The van der Waals surface area contributed by atoms with Gasteiger partial charge in [0.05, 0.1) is 7.11 Å². The van der Waals surface area contributed by atoms with Crippen molar-refractivity contribution in [3.05, 3.63) is 60.9 Å². The lowest BCUT2D eigenvalue weighted by atomic mass is 10.3. The highest BCUT2D eigenvalue weighted by Crippen LogP contribution is 2.24. The van der Waals surface area contributed by atoms with Crippen LogP contribution in [-0.2, 0) is 10.0 Å². The minimum atomic E-state index is -3.92. The minimum Gasteiger partial charge on any atom is -0.495 e. The Morgan fingerprint density at radius 3 is 2.67 bits per heavy atom. The van der Waals surface area contributed by atoms with E-state index in [-0.39, 0.29) is 23.7 Å². The molecule has 0 aliphatic carbocycles. The Labute approximate surface area is 156 Å². The van der Waals surface area contributed by atoms with Crippen molar-refractivity contribution in [1.29, 1.82) is 0 Å². The third-order valence-corrected chi connectivity index (χ3v) is 5.14. The minimum absolute atomic E-state index is 0.0732. The molecule has 0 bridgehead atoms. The molecule has 1 aromatic carbocycles. The Kier molecular flexibility index (Phi) is 5.67. The fourth-order valence-electron chi connectivity index (χ4n) is 2.39. The predicted octanol–water partition coefficient (Wildman–Crippen LogP) is 1.81. The second-order valence-electron chi connectivity index (χ2n) is 5.47. The molecule has 8 nitrogen and oxygen atoms in total. The summed E-state index contributed by atoms with van der Waals surface area (Å²) in [5, 5.41) is 3.01. The average Bonchev–Trinajstić information content (AvgIpc) is 3.20. The van der Waals surface area contributed by atoms with Crippen LogP contribution in [-0.4, -0.2) is 43.2 Å². The molecule has 0 unspecified atom stereocenters. The highest BCUT2D eigenvalue weighted by molar-refractivity contribution is 7.89. The number of anilines is 1. The predicted molar refractivity (Wildman–Crippen MR) is 98.0 cm³/mol. The Morgan fingerprint density at radius 1 is 1.15 bits per heavy atom. The van der Waals surface area contributed by atoms with E-state index in [4.69, 9.17) is 4.74 Å². The largest absolute Gasteiger partial charge is 0.495 e. The molecule has 0 fully saturated rings. The monoisotopic (exact) mass is 391 g/mol. The zero-order chi connectivity index (χ0) is 19.3. The molecule has 0 spiro atoms. The molecule has 142 valence electrons. The van der Waals surface area contributed by atoms with Crippen LogP contribution in [0.25, 0.3) is 5.82 Å². The van der Waals surface area contributed by atoms with Gasteiger partial charge in [-0.05, 0) is 30.3 Å². The average molecular weight is 391 g/mol. The smallest absolute Gasteiger partial charge is 0.244 e. The number of methoxy groups -OCH3 is 1. The summed E-state index contributed by atoms with van der Waals surface area (Å²) < 4.78 is 47.4. The van der Waals surface area contributed by atoms with Gasteiger partial charge in [0.25, 0.3) is 0 Å². The van der Waals surface area contributed by atoms with Crippen LogP contribution in [0.5, 0.6) is 5.75 Å². The number of halogens is 1. The fraction of sp³-hybridized carbons (Fsp3) is 0.176. The molecular weight excluding hydrogens is 373 g/mol. The van der Waals surface area contributed by atoms with Crippen molar-refractivity contribution in [1.82, 2.24) is 19.3 Å². The van der Waals surface area contributed by atoms with E-state index in [2.05, 4.69) is 20.0 Å². The maximum atomic E-state index is 13.4. The van der Waals surface area contributed by atoms with Crippen molar-refractivity contribution < 1.29 is 17.5 Å². The van der Waals surface area contributed by atoms with Gasteiger partial charge in [0, 0.05) is 31.5 Å². The van der Waals surface area contributed by atoms with E-state index in [1.165, 1.54) is 19.5 Å². The fourth-order valence-corrected chi connectivity index (χ4v) is 3.60. The van der Waals surface area contributed by atoms with Crippen LogP contribution in [0.2, 0.25) is 0 Å². The van der Waals surface area contributed by atoms with Crippen LogP contribution >= 0.6 is 0 Å². The summed E-state index contributed by atoms with van der Waals surface area (Å²) in [7, 11) is -2.59. The summed E-state index contributed by atoms with van der Waals surface area (Å²) in [6, 6.07) is 8.82. The van der Waals surface area contributed by atoms with Crippen LogP contribution in [0.3, 0.4) is 0 Å². The highest BCUT2D eigenvalue weighted by Gasteiger charge is 2.19. The van der Waals surface area contributed by atoms with E-state index >= 15 is 0 Å². The molecule has 0 saturated carbocycles. The summed E-state index contributed by atoms with van der Waals surface area (Å²) in [6.07, 6.45) is 5.12. The van der Waals surface area contributed by atoms with Crippen LogP contribution in [0.1, 0.15) is 0 Å². The summed E-state index contributed by atoms with van der Waals surface area (Å²) in [4.78, 5) is 8.02. The van der Waals surface area contributed by atoms with E-state index in [9.17, 15) is 12.8 Å². The molecule has 0 radical (unpaired) electrons. The number of hydrogen-bond acceptors (Lipinski definition) is 6. The van der Waals surface area contributed by atoms with Gasteiger partial charge in [0.1, 0.15) is 34.4 Å². The zero-order valence-corrected chi connectivity index (χ0v) is 15.3. The summed E-state index contributed by atoms with van der Waals surface area (Å²) in [5.74, 6) is 0.649. The van der Waals surface area contributed by atoms with E-state index in [1.54, 1.807) is 6.07 Å². The number of benzene rings is 1. The van der Waals surface area contributed by atoms with E-state index in [0.29, 0.717) is 11.6 Å². The summed E-state index contributed by atoms with van der Waals surface area (Å²) in [6.45, 7) is 0.351. The first-order chi connectivity index (χ1) is 13.0. The van der Waals surface area contributed by atoms with Crippen molar-refractivity contribution in [3.8, 4) is 11.6 Å². The lowest BCUT2D eigenvalue weighted by Crippen LogP contribution is -2.29. The van der Waals surface area contributed by atoms with Crippen molar-refractivity contribution in [2.24, 2.45) is 0 Å².